The van der Waals surface area contributed by atoms with Gasteiger partial charge in [0.2, 0.25) is 5.75 Å². The smallest absolute Gasteiger partial charge is 0.437 e. The molecular formula is C17H9ClF3N5O3. The van der Waals surface area contributed by atoms with Crippen LogP contribution in [0.3, 0.4) is 0 Å². The molecule has 1 aromatic carbocycles. The van der Waals surface area contributed by atoms with Crippen molar-refractivity contribution >= 4 is 17.5 Å². The standard InChI is InChI=1S/C17H9ClF3N5O3/c18-10-3-9(6-22)4-12(5-10)29-14-15(17(19,20)21)23-8-26(16(14)28)7-11-1-2-13(27)25-24-11/h1-5,8,11H,7H2. The van der Waals surface area contributed by atoms with Crippen molar-refractivity contribution in [1.82, 2.24) is 9.55 Å². The molecule has 148 valence electrons. The van der Waals surface area contributed by atoms with E-state index in [-0.39, 0.29) is 22.9 Å². The Morgan fingerprint density at radius 3 is 2.66 bits per heavy atom. The van der Waals surface area contributed by atoms with E-state index in [0.29, 0.717) is 6.33 Å². The number of rotatable bonds is 4. The largest absolute Gasteiger partial charge is 0.449 e. The van der Waals surface area contributed by atoms with Gasteiger partial charge in [-0.1, -0.05) is 17.7 Å². The SMILES string of the molecule is N#Cc1cc(Cl)cc(Oc2c(C(F)(F)F)ncn(CC3C=CC(=O)N=N3)c2=O)c1. The number of carbonyl (C=O) groups is 1. The van der Waals surface area contributed by atoms with Gasteiger partial charge >= 0.3 is 6.18 Å². The number of alkyl halides is 3. The fourth-order valence-corrected chi connectivity index (χ4v) is 2.62. The minimum absolute atomic E-state index is 0.0303. The summed E-state index contributed by atoms with van der Waals surface area (Å²) >= 11 is 5.83. The zero-order valence-electron chi connectivity index (χ0n) is 14.2. The van der Waals surface area contributed by atoms with Crippen LogP contribution in [0, 0.1) is 11.3 Å². The molecule has 1 atom stereocenters. The Balaban J connectivity index is 2.04. The molecule has 0 radical (unpaired) electrons. The summed E-state index contributed by atoms with van der Waals surface area (Å²) in [6, 6.07) is 4.60. The van der Waals surface area contributed by atoms with Crippen molar-refractivity contribution in [3.63, 3.8) is 0 Å². The summed E-state index contributed by atoms with van der Waals surface area (Å²) in [7, 11) is 0. The highest BCUT2D eigenvalue weighted by atomic mass is 35.5. The molecule has 0 saturated heterocycles. The van der Waals surface area contributed by atoms with Gasteiger partial charge in [0.05, 0.1) is 24.5 Å². The molecule has 2 heterocycles. The number of carbonyl (C=O) groups excluding carboxylic acids is 1. The lowest BCUT2D eigenvalue weighted by atomic mass is 10.2. The third-order valence-electron chi connectivity index (χ3n) is 3.63. The molecular weight excluding hydrogens is 415 g/mol. The van der Waals surface area contributed by atoms with Crippen molar-refractivity contribution in [2.75, 3.05) is 0 Å². The van der Waals surface area contributed by atoms with E-state index < -0.39 is 35.1 Å². The Labute approximate surface area is 165 Å². The average molecular weight is 424 g/mol. The first-order chi connectivity index (χ1) is 13.7. The van der Waals surface area contributed by atoms with Gasteiger partial charge in [-0.05, 0) is 18.2 Å². The Bertz CT molecular complexity index is 1120. The third kappa shape index (κ3) is 4.67. The number of halogens is 4. The number of nitriles is 1. The lowest BCUT2D eigenvalue weighted by molar-refractivity contribution is -0.142. The van der Waals surface area contributed by atoms with Crippen LogP contribution in [-0.4, -0.2) is 21.5 Å². The van der Waals surface area contributed by atoms with Crippen LogP contribution in [0.5, 0.6) is 11.5 Å². The summed E-state index contributed by atoms with van der Waals surface area (Å²) in [6.45, 7) is -0.216. The number of hydrogen-bond donors (Lipinski definition) is 0. The fraction of sp³-hybridized carbons (Fsp3) is 0.176. The summed E-state index contributed by atoms with van der Waals surface area (Å²) in [6.07, 6.45) is -1.78. The quantitative estimate of drug-likeness (QED) is 0.747. The number of ether oxygens (including phenoxy) is 1. The van der Waals surface area contributed by atoms with E-state index in [1.54, 1.807) is 6.07 Å². The summed E-state index contributed by atoms with van der Waals surface area (Å²) in [5.74, 6) is -1.91. The van der Waals surface area contributed by atoms with Crippen molar-refractivity contribution in [3.8, 4) is 17.6 Å². The van der Waals surface area contributed by atoms with E-state index in [2.05, 4.69) is 15.2 Å². The molecule has 1 aliphatic heterocycles. The van der Waals surface area contributed by atoms with Gasteiger partial charge in [-0.3, -0.25) is 14.2 Å². The van der Waals surface area contributed by atoms with Gasteiger partial charge in [0, 0.05) is 11.1 Å². The molecule has 0 bridgehead atoms. The molecule has 29 heavy (non-hydrogen) atoms. The molecule has 1 amide bonds. The zero-order valence-corrected chi connectivity index (χ0v) is 15.0. The number of azo groups is 1. The first-order valence-corrected chi connectivity index (χ1v) is 8.23. The predicted molar refractivity (Wildman–Crippen MR) is 92.5 cm³/mol. The van der Waals surface area contributed by atoms with Crippen LogP contribution in [0.15, 0.2) is 51.7 Å². The van der Waals surface area contributed by atoms with Gasteiger partial charge in [0.25, 0.3) is 11.5 Å². The van der Waals surface area contributed by atoms with Crippen molar-refractivity contribution in [2.24, 2.45) is 10.2 Å². The van der Waals surface area contributed by atoms with Crippen LogP contribution in [-0.2, 0) is 17.5 Å². The lowest BCUT2D eigenvalue weighted by Crippen LogP contribution is -2.29. The van der Waals surface area contributed by atoms with Gasteiger partial charge in [0.15, 0.2) is 5.69 Å². The van der Waals surface area contributed by atoms with Crippen LogP contribution < -0.4 is 10.3 Å². The molecule has 1 aliphatic rings. The van der Waals surface area contributed by atoms with Crippen molar-refractivity contribution in [3.05, 3.63) is 63.3 Å². The molecule has 8 nitrogen and oxygen atoms in total. The molecule has 2 aromatic rings. The maximum absolute atomic E-state index is 13.3. The molecule has 0 aliphatic carbocycles. The minimum Gasteiger partial charge on any atom is -0.449 e. The van der Waals surface area contributed by atoms with Gasteiger partial charge in [0.1, 0.15) is 11.8 Å². The van der Waals surface area contributed by atoms with Gasteiger partial charge < -0.3 is 4.74 Å². The Kier molecular flexibility index (Phi) is 5.47. The van der Waals surface area contributed by atoms with Crippen LogP contribution >= 0.6 is 11.6 Å². The summed E-state index contributed by atoms with van der Waals surface area (Å²) in [5.41, 5.74) is -2.64. The van der Waals surface area contributed by atoms with Gasteiger partial charge in [-0.25, -0.2) is 4.98 Å². The van der Waals surface area contributed by atoms with E-state index in [9.17, 15) is 22.8 Å². The number of benzene rings is 1. The second-order valence-corrected chi connectivity index (χ2v) is 6.18. The highest BCUT2D eigenvalue weighted by molar-refractivity contribution is 6.30. The number of hydrogen-bond acceptors (Lipinski definition) is 6. The number of amides is 1. The zero-order chi connectivity index (χ0) is 21.2. The molecule has 1 aromatic heterocycles. The predicted octanol–water partition coefficient (Wildman–Crippen LogP) is 3.50. The Morgan fingerprint density at radius 2 is 2.03 bits per heavy atom. The molecule has 1 unspecified atom stereocenters. The van der Waals surface area contributed by atoms with E-state index in [0.717, 1.165) is 22.8 Å². The Hall–Kier alpha value is -3.52. The highest BCUT2D eigenvalue weighted by Crippen LogP contribution is 2.35. The molecule has 3 rings (SSSR count). The van der Waals surface area contributed by atoms with Gasteiger partial charge in [-0.2, -0.15) is 23.5 Å². The van der Waals surface area contributed by atoms with E-state index in [1.165, 1.54) is 12.1 Å². The summed E-state index contributed by atoms with van der Waals surface area (Å²) < 4.78 is 46.0. The van der Waals surface area contributed by atoms with E-state index in [4.69, 9.17) is 21.6 Å². The second kappa shape index (κ2) is 7.84. The first-order valence-electron chi connectivity index (χ1n) is 7.85. The van der Waals surface area contributed by atoms with Gasteiger partial charge in [-0.15, -0.1) is 5.11 Å². The van der Waals surface area contributed by atoms with Crippen LogP contribution in [0.4, 0.5) is 13.2 Å². The van der Waals surface area contributed by atoms with Crippen molar-refractivity contribution in [1.29, 1.82) is 5.26 Å². The van der Waals surface area contributed by atoms with Crippen LogP contribution in [0.2, 0.25) is 5.02 Å². The van der Waals surface area contributed by atoms with E-state index >= 15 is 0 Å². The molecule has 0 N–H and O–H groups in total. The third-order valence-corrected chi connectivity index (χ3v) is 3.85. The normalized spacial score (nSPS) is 16.0. The lowest BCUT2D eigenvalue weighted by Gasteiger charge is -2.16. The monoisotopic (exact) mass is 423 g/mol. The highest BCUT2D eigenvalue weighted by Gasteiger charge is 2.39. The maximum atomic E-state index is 13.3. The van der Waals surface area contributed by atoms with E-state index in [1.807, 2.05) is 0 Å². The molecule has 0 fully saturated rings. The topological polar surface area (TPSA) is 110 Å². The summed E-state index contributed by atoms with van der Waals surface area (Å²) in [5, 5.41) is 16.0. The van der Waals surface area contributed by atoms with Crippen LogP contribution in [0.25, 0.3) is 0 Å². The second-order valence-electron chi connectivity index (χ2n) is 5.75. The molecule has 0 saturated carbocycles. The number of nitrogens with zero attached hydrogens (tertiary/aromatic N) is 5. The van der Waals surface area contributed by atoms with Crippen molar-refractivity contribution < 1.29 is 22.7 Å². The Morgan fingerprint density at radius 1 is 1.28 bits per heavy atom. The summed E-state index contributed by atoms with van der Waals surface area (Å²) in [4.78, 5) is 27.0. The maximum Gasteiger partial charge on any atom is 0.437 e. The average Bonchev–Trinajstić information content (AvgIpc) is 2.65. The van der Waals surface area contributed by atoms with Crippen molar-refractivity contribution in [2.45, 2.75) is 18.8 Å². The number of aromatic nitrogens is 2. The fourth-order valence-electron chi connectivity index (χ4n) is 2.39. The first kappa shape index (κ1) is 20.2. The van der Waals surface area contributed by atoms with Crippen LogP contribution in [0.1, 0.15) is 11.3 Å². The minimum atomic E-state index is -4.97. The molecule has 0 spiro atoms. The molecule has 12 heteroatoms.